The molecule has 5 nitrogen and oxygen atoms in total. The number of carboxylic acids is 1. The molecule has 29 heavy (non-hydrogen) atoms. The van der Waals surface area contributed by atoms with Gasteiger partial charge in [-0.3, -0.25) is 0 Å². The molecule has 3 aromatic rings. The van der Waals surface area contributed by atoms with Crippen molar-refractivity contribution in [3.63, 3.8) is 0 Å². The molecule has 1 aromatic heterocycles. The van der Waals surface area contributed by atoms with Crippen molar-refractivity contribution in [3.8, 4) is 11.3 Å². The molecule has 0 aliphatic rings. The van der Waals surface area contributed by atoms with Gasteiger partial charge in [-0.15, -0.1) is 11.3 Å². The number of hydrogen-bond donors (Lipinski definition) is 1. The molecule has 0 unspecified atom stereocenters. The first-order valence-electron chi connectivity index (χ1n) is 9.44. The van der Waals surface area contributed by atoms with E-state index in [2.05, 4.69) is 12.0 Å². The Morgan fingerprint density at radius 1 is 1.21 bits per heavy atom. The van der Waals surface area contributed by atoms with E-state index in [1.807, 2.05) is 34.7 Å². The molecule has 0 saturated heterocycles. The van der Waals surface area contributed by atoms with E-state index in [9.17, 15) is 9.90 Å². The van der Waals surface area contributed by atoms with Crippen LogP contribution in [0.5, 0.6) is 0 Å². The minimum Gasteiger partial charge on any atom is -0.478 e. The maximum absolute atomic E-state index is 11.4. The fourth-order valence-corrected chi connectivity index (χ4v) is 3.87. The second-order valence-electron chi connectivity index (χ2n) is 6.46. The zero-order valence-electron chi connectivity index (χ0n) is 16.1. The molecule has 0 radical (unpaired) electrons. The van der Waals surface area contributed by atoms with E-state index in [-0.39, 0.29) is 5.56 Å². The molecule has 1 N–H and O–H groups in total. The van der Waals surface area contributed by atoms with Crippen LogP contribution < -0.4 is 5.01 Å². The Hall–Kier alpha value is -2.70. The maximum atomic E-state index is 11.4. The van der Waals surface area contributed by atoms with Crippen molar-refractivity contribution in [1.29, 1.82) is 0 Å². The smallest absolute Gasteiger partial charge is 0.336 e. The number of benzene rings is 2. The van der Waals surface area contributed by atoms with Crippen molar-refractivity contribution in [2.24, 2.45) is 5.10 Å². The highest BCUT2D eigenvalue weighted by molar-refractivity contribution is 7.14. The Morgan fingerprint density at radius 2 is 1.97 bits per heavy atom. The lowest BCUT2D eigenvalue weighted by molar-refractivity contribution is 0.0696. The van der Waals surface area contributed by atoms with Gasteiger partial charge in [0.1, 0.15) is 0 Å². The Balaban J connectivity index is 1.88. The van der Waals surface area contributed by atoms with E-state index in [4.69, 9.17) is 16.6 Å². The summed E-state index contributed by atoms with van der Waals surface area (Å²) < 4.78 is 0. The number of carbonyl (C=O) groups is 1. The summed E-state index contributed by atoms with van der Waals surface area (Å²) in [5.41, 5.74) is 2.46. The Kier molecular flexibility index (Phi) is 7.38. The van der Waals surface area contributed by atoms with Gasteiger partial charge in [-0.25, -0.2) is 14.8 Å². The van der Waals surface area contributed by atoms with Crippen LogP contribution in [-0.2, 0) is 0 Å². The standard InChI is InChI=1S/C22H22ClN3O2S/c1-2-3-8-13-26(24-14-16-9-4-5-10-17(16)21(27)28)22-25-20(15-29-22)18-11-6-7-12-19(18)23/h4-7,9-12,14-15H,2-3,8,13H2,1H3,(H,27,28)/b24-14+. The van der Waals surface area contributed by atoms with Crippen molar-refractivity contribution < 1.29 is 9.90 Å². The number of rotatable bonds is 9. The molecule has 7 heteroatoms. The van der Waals surface area contributed by atoms with Crippen LogP contribution in [0.2, 0.25) is 5.02 Å². The molecule has 0 spiro atoms. The van der Waals surface area contributed by atoms with E-state index in [1.54, 1.807) is 30.5 Å². The van der Waals surface area contributed by atoms with Crippen LogP contribution in [0.1, 0.15) is 42.1 Å². The molecular formula is C22H22ClN3O2S. The minimum absolute atomic E-state index is 0.223. The van der Waals surface area contributed by atoms with Crippen LogP contribution in [-0.4, -0.2) is 28.8 Å². The second kappa shape index (κ2) is 10.2. The third kappa shape index (κ3) is 5.43. The molecule has 0 bridgehead atoms. The lowest BCUT2D eigenvalue weighted by Gasteiger charge is -2.15. The largest absolute Gasteiger partial charge is 0.478 e. The van der Waals surface area contributed by atoms with Crippen molar-refractivity contribution in [2.75, 3.05) is 11.6 Å². The van der Waals surface area contributed by atoms with Gasteiger partial charge in [-0.05, 0) is 18.6 Å². The highest BCUT2D eigenvalue weighted by atomic mass is 35.5. The minimum atomic E-state index is -0.972. The zero-order chi connectivity index (χ0) is 20.6. The van der Waals surface area contributed by atoms with Gasteiger partial charge in [0.2, 0.25) is 5.13 Å². The number of aromatic nitrogens is 1. The van der Waals surface area contributed by atoms with E-state index in [0.717, 1.165) is 35.7 Å². The van der Waals surface area contributed by atoms with Crippen LogP contribution in [0.3, 0.4) is 0 Å². The summed E-state index contributed by atoms with van der Waals surface area (Å²) in [6.07, 6.45) is 4.74. The normalized spacial score (nSPS) is 11.1. The number of aromatic carboxylic acids is 1. The van der Waals surface area contributed by atoms with Gasteiger partial charge in [0.05, 0.1) is 17.5 Å². The molecule has 3 rings (SSSR count). The SMILES string of the molecule is CCCCCN(/N=C/c1ccccc1C(=O)O)c1nc(-c2ccccc2Cl)cs1. The third-order valence-corrected chi connectivity index (χ3v) is 5.55. The fourth-order valence-electron chi connectivity index (χ4n) is 2.83. The van der Waals surface area contributed by atoms with Crippen molar-refractivity contribution >= 4 is 40.3 Å². The molecule has 0 aliphatic heterocycles. The van der Waals surface area contributed by atoms with Crippen LogP contribution in [0, 0.1) is 0 Å². The molecule has 0 amide bonds. The van der Waals surface area contributed by atoms with Crippen LogP contribution >= 0.6 is 22.9 Å². The average Bonchev–Trinajstić information content (AvgIpc) is 3.21. The van der Waals surface area contributed by atoms with Crippen molar-refractivity contribution in [3.05, 3.63) is 70.1 Å². The summed E-state index contributed by atoms with van der Waals surface area (Å²) in [5.74, 6) is -0.972. The molecule has 0 aliphatic carbocycles. The summed E-state index contributed by atoms with van der Waals surface area (Å²) in [5, 5.41) is 19.1. The summed E-state index contributed by atoms with van der Waals surface area (Å²) in [7, 11) is 0. The van der Waals surface area contributed by atoms with Gasteiger partial charge >= 0.3 is 5.97 Å². The predicted molar refractivity (Wildman–Crippen MR) is 120 cm³/mol. The van der Waals surface area contributed by atoms with Gasteiger partial charge in [0, 0.05) is 28.1 Å². The van der Waals surface area contributed by atoms with Crippen molar-refractivity contribution in [2.45, 2.75) is 26.2 Å². The molecule has 0 atom stereocenters. The molecule has 2 aromatic carbocycles. The van der Waals surface area contributed by atoms with E-state index < -0.39 is 5.97 Å². The van der Waals surface area contributed by atoms with Gasteiger partial charge in [0.25, 0.3) is 0 Å². The van der Waals surface area contributed by atoms with E-state index >= 15 is 0 Å². The maximum Gasteiger partial charge on any atom is 0.336 e. The second-order valence-corrected chi connectivity index (χ2v) is 7.71. The monoisotopic (exact) mass is 427 g/mol. The van der Waals surface area contributed by atoms with E-state index in [0.29, 0.717) is 17.1 Å². The summed E-state index contributed by atoms with van der Waals surface area (Å²) in [4.78, 5) is 16.2. The topological polar surface area (TPSA) is 65.8 Å². The molecular weight excluding hydrogens is 406 g/mol. The van der Waals surface area contributed by atoms with Gasteiger partial charge < -0.3 is 5.11 Å². The highest BCUT2D eigenvalue weighted by Gasteiger charge is 2.14. The lowest BCUT2D eigenvalue weighted by Crippen LogP contribution is -2.18. The molecule has 0 fully saturated rings. The number of anilines is 1. The van der Waals surface area contributed by atoms with Crippen molar-refractivity contribution in [1.82, 2.24) is 4.98 Å². The zero-order valence-corrected chi connectivity index (χ0v) is 17.7. The van der Waals surface area contributed by atoms with E-state index in [1.165, 1.54) is 11.3 Å². The molecule has 0 saturated carbocycles. The van der Waals surface area contributed by atoms with Crippen LogP contribution in [0.15, 0.2) is 59.0 Å². The van der Waals surface area contributed by atoms with Crippen LogP contribution in [0.4, 0.5) is 5.13 Å². The Labute approximate surface area is 179 Å². The van der Waals surface area contributed by atoms with Gasteiger partial charge in [0.15, 0.2) is 0 Å². The Bertz CT molecular complexity index is 1000. The number of hydrogen-bond acceptors (Lipinski definition) is 5. The number of carboxylic acid groups (broad SMARTS) is 1. The first-order chi connectivity index (χ1) is 14.1. The third-order valence-electron chi connectivity index (χ3n) is 4.36. The molecule has 150 valence electrons. The fraction of sp³-hybridized carbons (Fsp3) is 0.227. The number of halogens is 1. The highest BCUT2D eigenvalue weighted by Crippen LogP contribution is 2.32. The number of hydrazone groups is 1. The first kappa shape index (κ1) is 21.0. The first-order valence-corrected chi connectivity index (χ1v) is 10.7. The van der Waals surface area contributed by atoms with Crippen LogP contribution in [0.25, 0.3) is 11.3 Å². The Morgan fingerprint density at radius 3 is 2.72 bits per heavy atom. The summed E-state index contributed by atoms with van der Waals surface area (Å²) in [6, 6.07) is 14.4. The van der Waals surface area contributed by atoms with Gasteiger partial charge in [-0.1, -0.05) is 67.8 Å². The van der Waals surface area contributed by atoms with Gasteiger partial charge in [-0.2, -0.15) is 5.10 Å². The summed E-state index contributed by atoms with van der Waals surface area (Å²) >= 11 is 7.80. The predicted octanol–water partition coefficient (Wildman–Crippen LogP) is 6.19. The summed E-state index contributed by atoms with van der Waals surface area (Å²) in [6.45, 7) is 2.85. The average molecular weight is 428 g/mol. The number of thiazole rings is 1. The quantitative estimate of drug-likeness (QED) is 0.251. The molecule has 1 heterocycles. The number of nitrogens with zero attached hydrogens (tertiary/aromatic N) is 3. The lowest BCUT2D eigenvalue weighted by atomic mass is 10.1. The number of unbranched alkanes of at least 4 members (excludes halogenated alkanes) is 2.